The topological polar surface area (TPSA) is 92.3 Å². The van der Waals surface area contributed by atoms with E-state index in [2.05, 4.69) is 15.3 Å². The van der Waals surface area contributed by atoms with Gasteiger partial charge in [-0.1, -0.05) is 12.1 Å². The van der Waals surface area contributed by atoms with Crippen molar-refractivity contribution in [3.63, 3.8) is 0 Å². The number of aromatic nitrogens is 2. The molecule has 1 aliphatic rings. The quantitative estimate of drug-likeness (QED) is 0.898. The maximum atomic E-state index is 12.5. The molecule has 1 aliphatic heterocycles. The third kappa shape index (κ3) is 4.02. The number of hydrogen-bond acceptors (Lipinski definition) is 5. The van der Waals surface area contributed by atoms with Gasteiger partial charge in [0.15, 0.2) is 0 Å². The van der Waals surface area contributed by atoms with E-state index in [0.29, 0.717) is 30.9 Å². The fourth-order valence-electron chi connectivity index (χ4n) is 3.00. The highest BCUT2D eigenvalue weighted by atomic mass is 32.2. The third-order valence-electron chi connectivity index (χ3n) is 4.13. The van der Waals surface area contributed by atoms with Crippen molar-refractivity contribution < 1.29 is 13.2 Å². The van der Waals surface area contributed by atoms with Crippen molar-refractivity contribution >= 4 is 21.6 Å². The average Bonchev–Trinajstić information content (AvgIpc) is 3.05. The largest absolute Gasteiger partial charge is 0.325 e. The van der Waals surface area contributed by atoms with E-state index < -0.39 is 16.1 Å². The van der Waals surface area contributed by atoms with Crippen LogP contribution in [0.5, 0.6) is 0 Å². The van der Waals surface area contributed by atoms with Gasteiger partial charge in [-0.2, -0.15) is 4.31 Å². The molecule has 132 valence electrons. The van der Waals surface area contributed by atoms with Crippen molar-refractivity contribution in [2.45, 2.75) is 25.8 Å². The van der Waals surface area contributed by atoms with Crippen LogP contribution < -0.4 is 5.32 Å². The van der Waals surface area contributed by atoms with Crippen molar-refractivity contribution in [2.75, 3.05) is 18.1 Å². The van der Waals surface area contributed by atoms with Gasteiger partial charge in [0.25, 0.3) is 0 Å². The molecule has 1 aromatic carbocycles. The number of nitrogens with zero attached hydrogens (tertiary/aromatic N) is 3. The predicted octanol–water partition coefficient (Wildman–Crippen LogP) is 1.81. The Balaban J connectivity index is 1.79. The number of amides is 1. The van der Waals surface area contributed by atoms with E-state index in [0.717, 1.165) is 17.5 Å². The molecular formula is C17H20N4O3S. The molecule has 0 radical (unpaired) electrons. The molecule has 0 saturated carbocycles. The molecule has 1 saturated heterocycles. The number of rotatable bonds is 4. The molecule has 25 heavy (non-hydrogen) atoms. The second kappa shape index (κ2) is 6.89. The monoisotopic (exact) mass is 360 g/mol. The number of aryl methyl sites for hydroxylation is 1. The first-order valence-corrected chi connectivity index (χ1v) is 9.87. The van der Waals surface area contributed by atoms with Crippen LogP contribution in [0.4, 0.5) is 5.69 Å². The van der Waals surface area contributed by atoms with Crippen molar-refractivity contribution in [1.29, 1.82) is 0 Å². The fraction of sp³-hybridized carbons (Fsp3) is 0.353. The highest BCUT2D eigenvalue weighted by molar-refractivity contribution is 7.88. The molecule has 1 amide bonds. The SMILES string of the molecule is Cc1nccc(-c2cccc(NC(=O)C3CCCN3S(C)(=O)=O)c2)n1. The maximum Gasteiger partial charge on any atom is 0.242 e. The Bertz CT molecular complexity index is 898. The Labute approximate surface area is 147 Å². The lowest BCUT2D eigenvalue weighted by Crippen LogP contribution is -2.42. The van der Waals surface area contributed by atoms with Crippen molar-refractivity contribution in [1.82, 2.24) is 14.3 Å². The summed E-state index contributed by atoms with van der Waals surface area (Å²) < 4.78 is 24.9. The molecule has 0 bridgehead atoms. The zero-order valence-corrected chi connectivity index (χ0v) is 15.0. The Kier molecular flexibility index (Phi) is 4.82. The summed E-state index contributed by atoms with van der Waals surface area (Å²) >= 11 is 0. The van der Waals surface area contributed by atoms with E-state index in [1.807, 2.05) is 25.1 Å². The standard InChI is InChI=1S/C17H20N4O3S/c1-12-18-9-8-15(19-12)13-5-3-6-14(11-13)20-17(22)16-7-4-10-21(16)25(2,23)24/h3,5-6,8-9,11,16H,4,7,10H2,1-2H3,(H,20,22). The number of hydrogen-bond donors (Lipinski definition) is 1. The number of sulfonamides is 1. The number of carbonyl (C=O) groups is 1. The predicted molar refractivity (Wildman–Crippen MR) is 95.4 cm³/mol. The number of anilines is 1. The van der Waals surface area contributed by atoms with Crippen LogP contribution in [-0.4, -0.2) is 47.4 Å². The van der Waals surface area contributed by atoms with E-state index in [4.69, 9.17) is 0 Å². The second-order valence-electron chi connectivity index (χ2n) is 6.09. The van der Waals surface area contributed by atoms with Crippen LogP contribution in [0, 0.1) is 6.92 Å². The molecule has 3 rings (SSSR count). The Morgan fingerprint density at radius 2 is 2.12 bits per heavy atom. The molecule has 8 heteroatoms. The maximum absolute atomic E-state index is 12.5. The molecule has 0 aliphatic carbocycles. The van der Waals surface area contributed by atoms with Crippen molar-refractivity contribution in [3.05, 3.63) is 42.4 Å². The molecule has 2 heterocycles. The Morgan fingerprint density at radius 1 is 1.32 bits per heavy atom. The number of nitrogens with one attached hydrogen (secondary N) is 1. The summed E-state index contributed by atoms with van der Waals surface area (Å²) in [6.07, 6.45) is 4.04. The van der Waals surface area contributed by atoms with Crippen molar-refractivity contribution in [2.24, 2.45) is 0 Å². The lowest BCUT2D eigenvalue weighted by Gasteiger charge is -2.21. The summed E-state index contributed by atoms with van der Waals surface area (Å²) in [5.74, 6) is 0.362. The molecule has 7 nitrogen and oxygen atoms in total. The van der Waals surface area contributed by atoms with Gasteiger partial charge in [-0.25, -0.2) is 18.4 Å². The van der Waals surface area contributed by atoms with Gasteiger partial charge in [-0.3, -0.25) is 4.79 Å². The molecule has 1 unspecified atom stereocenters. The summed E-state index contributed by atoms with van der Waals surface area (Å²) in [4.78, 5) is 21.0. The Hall–Kier alpha value is -2.32. The highest BCUT2D eigenvalue weighted by Gasteiger charge is 2.36. The van der Waals surface area contributed by atoms with Gasteiger partial charge in [0.2, 0.25) is 15.9 Å². The minimum absolute atomic E-state index is 0.307. The third-order valence-corrected chi connectivity index (χ3v) is 5.42. The van der Waals surface area contributed by atoms with Gasteiger partial charge < -0.3 is 5.32 Å². The van der Waals surface area contributed by atoms with E-state index >= 15 is 0 Å². The van der Waals surface area contributed by atoms with E-state index in [-0.39, 0.29) is 5.91 Å². The van der Waals surface area contributed by atoms with Crippen LogP contribution in [0.1, 0.15) is 18.7 Å². The van der Waals surface area contributed by atoms with Gasteiger partial charge in [-0.15, -0.1) is 0 Å². The number of benzene rings is 1. The fourth-order valence-corrected chi connectivity index (χ4v) is 4.12. The molecule has 1 N–H and O–H groups in total. The molecule has 1 atom stereocenters. The van der Waals surface area contributed by atoms with Crippen LogP contribution >= 0.6 is 0 Å². The molecule has 2 aromatic rings. The van der Waals surface area contributed by atoms with Crippen molar-refractivity contribution in [3.8, 4) is 11.3 Å². The summed E-state index contributed by atoms with van der Waals surface area (Å²) in [5.41, 5.74) is 2.23. The van der Waals surface area contributed by atoms with Gasteiger partial charge >= 0.3 is 0 Å². The van der Waals surface area contributed by atoms with Gasteiger partial charge in [0.05, 0.1) is 11.9 Å². The second-order valence-corrected chi connectivity index (χ2v) is 8.03. The smallest absolute Gasteiger partial charge is 0.242 e. The summed E-state index contributed by atoms with van der Waals surface area (Å²) in [6.45, 7) is 2.20. The van der Waals surface area contributed by atoms with Gasteiger partial charge in [0, 0.05) is 24.0 Å². The molecule has 0 spiro atoms. The van der Waals surface area contributed by atoms with E-state index in [9.17, 15) is 13.2 Å². The first-order valence-electron chi connectivity index (χ1n) is 8.02. The lowest BCUT2D eigenvalue weighted by molar-refractivity contribution is -0.119. The van der Waals surface area contributed by atoms with Crippen LogP contribution in [0.3, 0.4) is 0 Å². The first-order chi connectivity index (χ1) is 11.8. The minimum Gasteiger partial charge on any atom is -0.325 e. The Morgan fingerprint density at radius 3 is 2.84 bits per heavy atom. The molecule has 1 fully saturated rings. The summed E-state index contributed by atoms with van der Waals surface area (Å²) in [5, 5.41) is 2.82. The minimum atomic E-state index is -3.39. The lowest BCUT2D eigenvalue weighted by atomic mass is 10.1. The number of carbonyl (C=O) groups excluding carboxylic acids is 1. The van der Waals surface area contributed by atoms with E-state index in [1.54, 1.807) is 18.3 Å². The zero-order valence-electron chi connectivity index (χ0n) is 14.1. The van der Waals surface area contributed by atoms with Crippen LogP contribution in [0.15, 0.2) is 36.5 Å². The van der Waals surface area contributed by atoms with Crippen LogP contribution in [0.2, 0.25) is 0 Å². The normalized spacial score (nSPS) is 18.2. The zero-order chi connectivity index (χ0) is 18.0. The van der Waals surface area contributed by atoms with Gasteiger partial charge in [-0.05, 0) is 38.0 Å². The summed E-state index contributed by atoms with van der Waals surface area (Å²) in [7, 11) is -3.39. The average molecular weight is 360 g/mol. The van der Waals surface area contributed by atoms with Crippen LogP contribution in [-0.2, 0) is 14.8 Å². The van der Waals surface area contributed by atoms with Crippen LogP contribution in [0.25, 0.3) is 11.3 Å². The highest BCUT2D eigenvalue weighted by Crippen LogP contribution is 2.24. The van der Waals surface area contributed by atoms with E-state index in [1.165, 1.54) is 4.31 Å². The molecule has 1 aromatic heterocycles. The molecular weight excluding hydrogens is 340 g/mol. The summed E-state index contributed by atoms with van der Waals surface area (Å²) in [6, 6.07) is 8.46. The first kappa shape index (κ1) is 17.5. The van der Waals surface area contributed by atoms with Gasteiger partial charge in [0.1, 0.15) is 11.9 Å².